The predicted octanol–water partition coefficient (Wildman–Crippen LogP) is 7.00. The molecule has 0 N–H and O–H groups in total. The molecule has 0 aliphatic carbocycles. The standard InChI is InChI=1S/C21H40N2/c1-3-5-7-9-11-13-15-21(19-23-18-17-22-20-23)16-14-12-10-8-6-4-2/h17-18,20-21H,3-16,19H2,1-2H3. The Morgan fingerprint density at radius 2 is 1.26 bits per heavy atom. The van der Waals surface area contributed by atoms with Crippen molar-refractivity contribution in [3.63, 3.8) is 0 Å². The van der Waals surface area contributed by atoms with Crippen LogP contribution in [0.5, 0.6) is 0 Å². The Balaban J connectivity index is 2.17. The molecule has 1 aromatic rings. The molecular weight excluding hydrogens is 280 g/mol. The van der Waals surface area contributed by atoms with E-state index in [1.54, 1.807) is 0 Å². The van der Waals surface area contributed by atoms with Gasteiger partial charge in [-0.15, -0.1) is 0 Å². The maximum atomic E-state index is 4.20. The summed E-state index contributed by atoms with van der Waals surface area (Å²) in [5.74, 6) is 0.849. The van der Waals surface area contributed by atoms with E-state index in [0.29, 0.717) is 0 Å². The van der Waals surface area contributed by atoms with Gasteiger partial charge < -0.3 is 4.57 Å². The quantitative estimate of drug-likeness (QED) is 0.300. The van der Waals surface area contributed by atoms with Gasteiger partial charge in [0.1, 0.15) is 0 Å². The van der Waals surface area contributed by atoms with Gasteiger partial charge in [-0.25, -0.2) is 4.98 Å². The van der Waals surface area contributed by atoms with Gasteiger partial charge in [0.15, 0.2) is 0 Å². The van der Waals surface area contributed by atoms with Gasteiger partial charge >= 0.3 is 0 Å². The van der Waals surface area contributed by atoms with Crippen LogP contribution in [0.3, 0.4) is 0 Å². The van der Waals surface area contributed by atoms with Crippen molar-refractivity contribution >= 4 is 0 Å². The van der Waals surface area contributed by atoms with Crippen molar-refractivity contribution in [3.05, 3.63) is 18.7 Å². The first-order valence-corrected chi connectivity index (χ1v) is 10.3. The smallest absolute Gasteiger partial charge is 0.0945 e. The van der Waals surface area contributed by atoms with Crippen LogP contribution in [0.15, 0.2) is 18.7 Å². The van der Waals surface area contributed by atoms with Gasteiger partial charge in [0, 0.05) is 18.9 Å². The SMILES string of the molecule is CCCCCCCCC(CCCCCCCC)Cn1ccnc1. The summed E-state index contributed by atoms with van der Waals surface area (Å²) in [5.41, 5.74) is 0. The molecule has 0 aromatic carbocycles. The molecule has 0 fully saturated rings. The second-order valence-electron chi connectivity index (χ2n) is 7.24. The lowest BCUT2D eigenvalue weighted by Gasteiger charge is -2.17. The molecule has 0 aliphatic rings. The lowest BCUT2D eigenvalue weighted by molar-refractivity contribution is 0.357. The summed E-state index contributed by atoms with van der Waals surface area (Å²) in [6.45, 7) is 5.76. The molecule has 2 nitrogen and oxygen atoms in total. The van der Waals surface area contributed by atoms with Gasteiger partial charge in [-0.05, 0) is 18.8 Å². The molecule has 1 heterocycles. The predicted molar refractivity (Wildman–Crippen MR) is 102 cm³/mol. The van der Waals surface area contributed by atoms with Crippen LogP contribution in [-0.2, 0) is 6.54 Å². The molecule has 0 aliphatic heterocycles. The zero-order chi connectivity index (χ0) is 16.6. The van der Waals surface area contributed by atoms with E-state index >= 15 is 0 Å². The summed E-state index contributed by atoms with van der Waals surface area (Å²) in [5, 5.41) is 0. The Hall–Kier alpha value is -0.790. The van der Waals surface area contributed by atoms with E-state index in [2.05, 4.69) is 29.6 Å². The number of aromatic nitrogens is 2. The third kappa shape index (κ3) is 11.4. The molecule has 0 saturated heterocycles. The van der Waals surface area contributed by atoms with Crippen LogP contribution in [0, 0.1) is 5.92 Å². The zero-order valence-corrected chi connectivity index (χ0v) is 15.8. The van der Waals surface area contributed by atoms with Crippen LogP contribution in [0.2, 0.25) is 0 Å². The number of unbranched alkanes of at least 4 members (excludes halogenated alkanes) is 10. The Kier molecular flexibility index (Phi) is 13.0. The average Bonchev–Trinajstić information content (AvgIpc) is 3.06. The third-order valence-corrected chi connectivity index (χ3v) is 4.96. The van der Waals surface area contributed by atoms with E-state index in [4.69, 9.17) is 0 Å². The molecule has 0 atom stereocenters. The van der Waals surface area contributed by atoms with E-state index in [1.165, 1.54) is 96.4 Å². The van der Waals surface area contributed by atoms with Crippen molar-refractivity contribution in [2.24, 2.45) is 5.92 Å². The second kappa shape index (κ2) is 14.8. The van der Waals surface area contributed by atoms with Gasteiger partial charge in [-0.1, -0.05) is 90.9 Å². The highest BCUT2D eigenvalue weighted by molar-refractivity contribution is 4.76. The number of hydrogen-bond donors (Lipinski definition) is 0. The van der Waals surface area contributed by atoms with Gasteiger partial charge in [0.05, 0.1) is 6.33 Å². The molecule has 0 amide bonds. The fraction of sp³-hybridized carbons (Fsp3) is 0.857. The first kappa shape index (κ1) is 20.3. The van der Waals surface area contributed by atoms with Crippen molar-refractivity contribution in [3.8, 4) is 0 Å². The summed E-state index contributed by atoms with van der Waals surface area (Å²) >= 11 is 0. The van der Waals surface area contributed by atoms with E-state index in [9.17, 15) is 0 Å². The summed E-state index contributed by atoms with van der Waals surface area (Å²) in [6, 6.07) is 0. The molecular formula is C21H40N2. The maximum absolute atomic E-state index is 4.20. The van der Waals surface area contributed by atoms with Crippen LogP contribution < -0.4 is 0 Å². The minimum absolute atomic E-state index is 0.849. The highest BCUT2D eigenvalue weighted by atomic mass is 15.0. The number of imidazole rings is 1. The molecule has 0 bridgehead atoms. The van der Waals surface area contributed by atoms with E-state index in [1.807, 2.05) is 12.5 Å². The maximum Gasteiger partial charge on any atom is 0.0945 e. The van der Waals surface area contributed by atoms with Crippen LogP contribution in [-0.4, -0.2) is 9.55 Å². The monoisotopic (exact) mass is 320 g/mol. The summed E-state index contributed by atoms with van der Waals surface area (Å²) < 4.78 is 2.28. The summed E-state index contributed by atoms with van der Waals surface area (Å²) in [4.78, 5) is 4.20. The molecule has 23 heavy (non-hydrogen) atoms. The molecule has 1 aromatic heterocycles. The van der Waals surface area contributed by atoms with E-state index in [-0.39, 0.29) is 0 Å². The van der Waals surface area contributed by atoms with Gasteiger partial charge in [0.25, 0.3) is 0 Å². The lowest BCUT2D eigenvalue weighted by Crippen LogP contribution is -2.10. The normalized spacial score (nSPS) is 11.4. The minimum Gasteiger partial charge on any atom is -0.337 e. The highest BCUT2D eigenvalue weighted by Crippen LogP contribution is 2.21. The average molecular weight is 321 g/mol. The fourth-order valence-corrected chi connectivity index (χ4v) is 3.45. The highest BCUT2D eigenvalue weighted by Gasteiger charge is 2.09. The van der Waals surface area contributed by atoms with Gasteiger partial charge in [-0.2, -0.15) is 0 Å². The number of rotatable bonds is 16. The Morgan fingerprint density at radius 1 is 0.739 bits per heavy atom. The topological polar surface area (TPSA) is 17.8 Å². The van der Waals surface area contributed by atoms with Crippen molar-refractivity contribution in [2.75, 3.05) is 0 Å². The van der Waals surface area contributed by atoms with Crippen LogP contribution >= 0.6 is 0 Å². The number of hydrogen-bond acceptors (Lipinski definition) is 1. The lowest BCUT2D eigenvalue weighted by atomic mass is 9.94. The largest absolute Gasteiger partial charge is 0.337 e. The molecule has 0 saturated carbocycles. The second-order valence-corrected chi connectivity index (χ2v) is 7.24. The molecule has 0 spiro atoms. The first-order chi connectivity index (χ1) is 11.4. The first-order valence-electron chi connectivity index (χ1n) is 10.3. The van der Waals surface area contributed by atoms with E-state index in [0.717, 1.165) is 5.92 Å². The Labute approximate surface area is 145 Å². The van der Waals surface area contributed by atoms with Gasteiger partial charge in [0.2, 0.25) is 0 Å². The van der Waals surface area contributed by atoms with Crippen molar-refractivity contribution < 1.29 is 0 Å². The van der Waals surface area contributed by atoms with Crippen molar-refractivity contribution in [2.45, 2.75) is 110 Å². The van der Waals surface area contributed by atoms with Crippen LogP contribution in [0.4, 0.5) is 0 Å². The number of nitrogens with zero attached hydrogens (tertiary/aromatic N) is 2. The van der Waals surface area contributed by atoms with Crippen LogP contribution in [0.1, 0.15) is 104 Å². The van der Waals surface area contributed by atoms with Crippen molar-refractivity contribution in [1.29, 1.82) is 0 Å². The van der Waals surface area contributed by atoms with E-state index < -0.39 is 0 Å². The molecule has 1 rings (SSSR count). The summed E-state index contributed by atoms with van der Waals surface area (Å²) in [6.07, 6.45) is 25.8. The van der Waals surface area contributed by atoms with Crippen molar-refractivity contribution in [1.82, 2.24) is 9.55 Å². The molecule has 134 valence electrons. The Bertz CT molecular complexity index is 316. The van der Waals surface area contributed by atoms with Gasteiger partial charge in [-0.3, -0.25) is 0 Å². The zero-order valence-electron chi connectivity index (χ0n) is 15.8. The summed E-state index contributed by atoms with van der Waals surface area (Å²) in [7, 11) is 0. The Morgan fingerprint density at radius 3 is 1.74 bits per heavy atom. The molecule has 0 unspecified atom stereocenters. The molecule has 2 heteroatoms. The third-order valence-electron chi connectivity index (χ3n) is 4.96. The van der Waals surface area contributed by atoms with Crippen LogP contribution in [0.25, 0.3) is 0 Å². The minimum atomic E-state index is 0.849. The molecule has 0 radical (unpaired) electrons. The fourth-order valence-electron chi connectivity index (χ4n) is 3.45.